The maximum absolute atomic E-state index is 12.3. The Bertz CT molecular complexity index is 830. The Kier molecular flexibility index (Phi) is 9.62. The fraction of sp³-hybridized carbons (Fsp3) is 0.360. The van der Waals surface area contributed by atoms with Crippen LogP contribution in [-0.4, -0.2) is 25.5 Å². The SMILES string of the molecule is C=CCC(c1ccc(Cl)cc1)C(CCC)c1ccc(C(=O)NCCC(=O)OC)cc1. The number of rotatable bonds is 11. The van der Waals surface area contributed by atoms with Gasteiger partial charge in [-0.2, -0.15) is 0 Å². The first-order chi connectivity index (χ1) is 14.5. The Morgan fingerprint density at radius 2 is 1.67 bits per heavy atom. The number of carbonyl (C=O) groups excluding carboxylic acids is 2. The molecular formula is C25H30ClNO3. The van der Waals surface area contributed by atoms with E-state index in [1.807, 2.05) is 42.5 Å². The summed E-state index contributed by atoms with van der Waals surface area (Å²) in [5, 5.41) is 3.47. The molecule has 1 N–H and O–H groups in total. The van der Waals surface area contributed by atoms with E-state index in [1.165, 1.54) is 18.2 Å². The van der Waals surface area contributed by atoms with Gasteiger partial charge in [-0.1, -0.05) is 55.3 Å². The second-order valence-electron chi connectivity index (χ2n) is 7.28. The lowest BCUT2D eigenvalue weighted by Gasteiger charge is -2.27. The predicted molar refractivity (Wildman–Crippen MR) is 122 cm³/mol. The van der Waals surface area contributed by atoms with Crippen LogP contribution in [0.3, 0.4) is 0 Å². The highest BCUT2D eigenvalue weighted by molar-refractivity contribution is 6.30. The minimum Gasteiger partial charge on any atom is -0.469 e. The molecule has 160 valence electrons. The molecule has 4 nitrogen and oxygen atoms in total. The summed E-state index contributed by atoms with van der Waals surface area (Å²) >= 11 is 6.08. The van der Waals surface area contributed by atoms with Crippen LogP contribution >= 0.6 is 11.6 Å². The molecule has 0 aliphatic rings. The first kappa shape index (κ1) is 23.7. The molecule has 0 heterocycles. The average Bonchev–Trinajstić information content (AvgIpc) is 2.76. The Balaban J connectivity index is 2.18. The van der Waals surface area contributed by atoms with Gasteiger partial charge in [-0.25, -0.2) is 0 Å². The number of halogens is 1. The lowest BCUT2D eigenvalue weighted by atomic mass is 9.77. The molecule has 0 aliphatic carbocycles. The van der Waals surface area contributed by atoms with Crippen molar-refractivity contribution in [2.75, 3.05) is 13.7 Å². The second kappa shape index (κ2) is 12.2. The van der Waals surface area contributed by atoms with Crippen LogP contribution in [0.5, 0.6) is 0 Å². The van der Waals surface area contributed by atoms with Crippen molar-refractivity contribution < 1.29 is 14.3 Å². The van der Waals surface area contributed by atoms with Gasteiger partial charge in [0.15, 0.2) is 0 Å². The first-order valence-electron chi connectivity index (χ1n) is 10.3. The molecule has 2 atom stereocenters. The third-order valence-corrected chi connectivity index (χ3v) is 5.50. The minimum atomic E-state index is -0.344. The molecular weight excluding hydrogens is 398 g/mol. The lowest BCUT2D eigenvalue weighted by Crippen LogP contribution is -2.26. The quantitative estimate of drug-likeness (QED) is 0.360. The summed E-state index contributed by atoms with van der Waals surface area (Å²) in [6.07, 6.45) is 5.07. The number of ether oxygens (including phenoxy) is 1. The van der Waals surface area contributed by atoms with Gasteiger partial charge < -0.3 is 10.1 Å². The fourth-order valence-corrected chi connectivity index (χ4v) is 3.82. The molecule has 1 amide bonds. The van der Waals surface area contributed by atoms with E-state index < -0.39 is 0 Å². The van der Waals surface area contributed by atoms with Crippen molar-refractivity contribution in [2.45, 2.75) is 44.4 Å². The van der Waals surface area contributed by atoms with Gasteiger partial charge in [-0.3, -0.25) is 9.59 Å². The monoisotopic (exact) mass is 427 g/mol. The summed E-state index contributed by atoms with van der Waals surface area (Å²) in [4.78, 5) is 23.5. The highest BCUT2D eigenvalue weighted by atomic mass is 35.5. The van der Waals surface area contributed by atoms with Crippen LogP contribution in [0.4, 0.5) is 0 Å². The molecule has 30 heavy (non-hydrogen) atoms. The molecule has 0 spiro atoms. The van der Waals surface area contributed by atoms with Crippen LogP contribution in [0, 0.1) is 0 Å². The molecule has 2 aromatic rings. The number of amides is 1. The molecule has 0 saturated carbocycles. The van der Waals surface area contributed by atoms with Gasteiger partial charge in [0.25, 0.3) is 5.91 Å². The van der Waals surface area contributed by atoms with Gasteiger partial charge in [-0.05, 0) is 60.1 Å². The molecule has 0 aliphatic heterocycles. The molecule has 0 fully saturated rings. The van der Waals surface area contributed by atoms with Gasteiger partial charge in [-0.15, -0.1) is 6.58 Å². The van der Waals surface area contributed by atoms with Gasteiger partial charge in [0.05, 0.1) is 13.5 Å². The molecule has 2 unspecified atom stereocenters. The summed E-state index contributed by atoms with van der Waals surface area (Å²) in [5.41, 5.74) is 3.01. The maximum Gasteiger partial charge on any atom is 0.307 e. The van der Waals surface area contributed by atoms with Crippen LogP contribution < -0.4 is 5.32 Å². The number of nitrogens with one attached hydrogen (secondary N) is 1. The Morgan fingerprint density at radius 1 is 1.07 bits per heavy atom. The fourth-order valence-electron chi connectivity index (χ4n) is 3.70. The molecule has 0 saturated heterocycles. The van der Waals surface area contributed by atoms with E-state index in [4.69, 9.17) is 11.6 Å². The van der Waals surface area contributed by atoms with Crippen LogP contribution in [-0.2, 0) is 9.53 Å². The van der Waals surface area contributed by atoms with Crippen molar-refractivity contribution in [2.24, 2.45) is 0 Å². The Hall–Kier alpha value is -2.59. The molecule has 2 aromatic carbocycles. The zero-order valence-electron chi connectivity index (χ0n) is 17.7. The topological polar surface area (TPSA) is 55.4 Å². The first-order valence-corrected chi connectivity index (χ1v) is 10.7. The van der Waals surface area contributed by atoms with Crippen LogP contribution in [0.25, 0.3) is 0 Å². The molecule has 0 aromatic heterocycles. The largest absolute Gasteiger partial charge is 0.469 e. The number of esters is 1. The molecule has 0 radical (unpaired) electrons. The minimum absolute atomic E-state index is 0.156. The second-order valence-corrected chi connectivity index (χ2v) is 7.72. The number of benzene rings is 2. The number of methoxy groups -OCH3 is 1. The highest BCUT2D eigenvalue weighted by Crippen LogP contribution is 2.39. The molecule has 2 rings (SSSR count). The van der Waals surface area contributed by atoms with Crippen molar-refractivity contribution in [1.29, 1.82) is 0 Å². The highest BCUT2D eigenvalue weighted by Gasteiger charge is 2.23. The number of allylic oxidation sites excluding steroid dienone is 1. The Labute approximate surface area is 184 Å². The number of hydrogen-bond acceptors (Lipinski definition) is 3. The van der Waals surface area contributed by atoms with E-state index in [2.05, 4.69) is 35.7 Å². The normalized spacial score (nSPS) is 12.6. The molecule has 5 heteroatoms. The van der Waals surface area contributed by atoms with Crippen molar-refractivity contribution in [3.05, 3.63) is 82.9 Å². The summed E-state index contributed by atoms with van der Waals surface area (Å²) in [7, 11) is 1.33. The van der Waals surface area contributed by atoms with Gasteiger partial charge in [0, 0.05) is 17.1 Å². The van der Waals surface area contributed by atoms with E-state index in [0.717, 1.165) is 24.3 Å². The van der Waals surface area contributed by atoms with Crippen molar-refractivity contribution in [3.63, 3.8) is 0 Å². The zero-order chi connectivity index (χ0) is 21.9. The van der Waals surface area contributed by atoms with Crippen molar-refractivity contribution in [1.82, 2.24) is 5.32 Å². The summed E-state index contributed by atoms with van der Waals surface area (Å²) in [6, 6.07) is 15.8. The number of hydrogen-bond donors (Lipinski definition) is 1. The smallest absolute Gasteiger partial charge is 0.307 e. The average molecular weight is 428 g/mol. The molecule has 0 bridgehead atoms. The van der Waals surface area contributed by atoms with E-state index >= 15 is 0 Å². The third-order valence-electron chi connectivity index (χ3n) is 5.25. The standard InChI is InChI=1S/C25H30ClNO3/c1-4-6-22(23(7-5-2)19-12-14-21(26)15-13-19)18-8-10-20(11-9-18)25(29)27-17-16-24(28)30-3/h5,8-15,22-23H,2,4,6-7,16-17H2,1,3H3,(H,27,29). The van der Waals surface area contributed by atoms with Crippen LogP contribution in [0.1, 0.15) is 65.9 Å². The van der Waals surface area contributed by atoms with Gasteiger partial charge in [0.2, 0.25) is 0 Å². The van der Waals surface area contributed by atoms with E-state index in [1.54, 1.807) is 0 Å². The summed E-state index contributed by atoms with van der Waals surface area (Å²) < 4.78 is 4.58. The van der Waals surface area contributed by atoms with E-state index in [-0.39, 0.29) is 24.8 Å². The Morgan fingerprint density at radius 3 is 2.23 bits per heavy atom. The summed E-state index contributed by atoms with van der Waals surface area (Å²) in [5.74, 6) is 0.0615. The van der Waals surface area contributed by atoms with Crippen molar-refractivity contribution >= 4 is 23.5 Å². The third kappa shape index (κ3) is 6.74. The van der Waals surface area contributed by atoms with Gasteiger partial charge in [0.1, 0.15) is 0 Å². The van der Waals surface area contributed by atoms with Crippen LogP contribution in [0.2, 0.25) is 5.02 Å². The maximum atomic E-state index is 12.3. The lowest BCUT2D eigenvalue weighted by molar-refractivity contribution is -0.140. The van der Waals surface area contributed by atoms with Gasteiger partial charge >= 0.3 is 5.97 Å². The van der Waals surface area contributed by atoms with E-state index in [9.17, 15) is 9.59 Å². The van der Waals surface area contributed by atoms with Crippen LogP contribution in [0.15, 0.2) is 61.2 Å². The summed E-state index contributed by atoms with van der Waals surface area (Å²) in [6.45, 7) is 6.39. The number of carbonyl (C=O) groups is 2. The predicted octanol–water partition coefficient (Wildman–Crippen LogP) is 5.88. The van der Waals surface area contributed by atoms with E-state index in [0.29, 0.717) is 17.4 Å². The zero-order valence-corrected chi connectivity index (χ0v) is 18.5. The van der Waals surface area contributed by atoms with Crippen molar-refractivity contribution in [3.8, 4) is 0 Å².